The number of carbonyl (C=O) groups excluding carboxylic acids is 1. The summed E-state index contributed by atoms with van der Waals surface area (Å²) in [5, 5.41) is 9.16. The van der Waals surface area contributed by atoms with Gasteiger partial charge in [-0.2, -0.15) is 0 Å². The van der Waals surface area contributed by atoms with E-state index in [1.54, 1.807) is 19.1 Å². The van der Waals surface area contributed by atoms with Gasteiger partial charge in [-0.3, -0.25) is 4.79 Å². The zero-order valence-electron chi connectivity index (χ0n) is 9.92. The molecule has 0 bridgehead atoms. The first-order valence-electron chi connectivity index (χ1n) is 5.49. The Hall–Kier alpha value is -1.16. The maximum Gasteiger partial charge on any atom is 0.336 e. The molecule has 0 saturated heterocycles. The summed E-state index contributed by atoms with van der Waals surface area (Å²) >= 11 is 3.34. The van der Waals surface area contributed by atoms with E-state index in [1.165, 1.54) is 0 Å². The number of Topliss-reactive ketones (excluding diaryl/α,β-unsaturated/α-hetero) is 1. The second-order valence-corrected chi connectivity index (χ2v) is 4.87. The molecule has 0 radical (unpaired) electrons. The molecule has 1 aromatic carbocycles. The molecule has 0 unspecified atom stereocenters. The molecule has 3 nitrogen and oxygen atoms in total. The average molecular weight is 299 g/mol. The third-order valence-corrected chi connectivity index (χ3v) is 3.12. The summed E-state index contributed by atoms with van der Waals surface area (Å²) in [6.45, 7) is 3.58. The van der Waals surface area contributed by atoms with Crippen LogP contribution in [-0.4, -0.2) is 16.9 Å². The predicted molar refractivity (Wildman–Crippen MR) is 69.5 cm³/mol. The van der Waals surface area contributed by atoms with Crippen LogP contribution in [0.1, 0.15) is 41.3 Å². The number of aromatic carboxylic acids is 1. The van der Waals surface area contributed by atoms with Crippen LogP contribution >= 0.6 is 15.9 Å². The van der Waals surface area contributed by atoms with Crippen LogP contribution in [0.2, 0.25) is 0 Å². The smallest absolute Gasteiger partial charge is 0.336 e. The van der Waals surface area contributed by atoms with Crippen molar-refractivity contribution in [3.8, 4) is 0 Å². The number of ketones is 1. The Morgan fingerprint density at radius 3 is 2.53 bits per heavy atom. The number of halogens is 1. The van der Waals surface area contributed by atoms with E-state index >= 15 is 0 Å². The van der Waals surface area contributed by atoms with Gasteiger partial charge in [-0.1, -0.05) is 22.9 Å². The predicted octanol–water partition coefficient (Wildman–Crippen LogP) is 3.37. The minimum absolute atomic E-state index is 0.152. The van der Waals surface area contributed by atoms with Crippen LogP contribution in [0.5, 0.6) is 0 Å². The lowest BCUT2D eigenvalue weighted by Gasteiger charge is -2.09. The van der Waals surface area contributed by atoms with E-state index in [0.717, 1.165) is 4.47 Å². The van der Waals surface area contributed by atoms with E-state index in [1.807, 2.05) is 6.92 Å². The van der Waals surface area contributed by atoms with Crippen molar-refractivity contribution in [3.05, 3.63) is 33.3 Å². The zero-order chi connectivity index (χ0) is 13.0. The molecule has 1 rings (SSSR count). The fraction of sp³-hybridized carbons (Fsp3) is 0.385. The van der Waals surface area contributed by atoms with Crippen LogP contribution in [-0.2, 0) is 11.2 Å². The number of rotatable bonds is 5. The van der Waals surface area contributed by atoms with Gasteiger partial charge in [0, 0.05) is 17.3 Å². The average Bonchev–Trinajstić information content (AvgIpc) is 2.24. The molecular formula is C13H15BrO3. The van der Waals surface area contributed by atoms with E-state index in [9.17, 15) is 9.59 Å². The number of aryl methyl sites for hydroxylation is 2. The second-order valence-electron chi connectivity index (χ2n) is 3.95. The van der Waals surface area contributed by atoms with Gasteiger partial charge >= 0.3 is 5.97 Å². The van der Waals surface area contributed by atoms with Gasteiger partial charge in [-0.05, 0) is 36.6 Å². The summed E-state index contributed by atoms with van der Waals surface area (Å²) < 4.78 is 0.846. The lowest BCUT2D eigenvalue weighted by molar-refractivity contribution is -0.118. The molecule has 0 spiro atoms. The molecule has 92 valence electrons. The third kappa shape index (κ3) is 3.66. The van der Waals surface area contributed by atoms with Crippen LogP contribution in [0.4, 0.5) is 0 Å². The normalized spacial score (nSPS) is 10.3. The molecule has 0 aromatic heterocycles. The van der Waals surface area contributed by atoms with E-state index in [2.05, 4.69) is 15.9 Å². The SMILES string of the molecule is CCC(=O)CCc1cc(Br)cc(C)c1C(=O)O. The van der Waals surface area contributed by atoms with Crippen molar-refractivity contribution in [3.63, 3.8) is 0 Å². The molecular weight excluding hydrogens is 284 g/mol. The van der Waals surface area contributed by atoms with Crippen LogP contribution in [0.15, 0.2) is 16.6 Å². The number of hydrogen-bond acceptors (Lipinski definition) is 2. The van der Waals surface area contributed by atoms with E-state index in [4.69, 9.17) is 5.11 Å². The second kappa shape index (κ2) is 5.96. The van der Waals surface area contributed by atoms with Crippen LogP contribution in [0.3, 0.4) is 0 Å². The first-order chi connectivity index (χ1) is 7.95. The molecule has 1 aromatic rings. The number of carboxylic acid groups (broad SMARTS) is 1. The maximum absolute atomic E-state index is 11.3. The number of benzene rings is 1. The minimum Gasteiger partial charge on any atom is -0.478 e. The van der Waals surface area contributed by atoms with Crippen molar-refractivity contribution >= 4 is 27.7 Å². The topological polar surface area (TPSA) is 54.4 Å². The van der Waals surface area contributed by atoms with Gasteiger partial charge in [0.05, 0.1) is 5.56 Å². The number of carboxylic acids is 1. The van der Waals surface area contributed by atoms with Gasteiger partial charge in [0.2, 0.25) is 0 Å². The molecule has 0 fully saturated rings. The first-order valence-corrected chi connectivity index (χ1v) is 6.29. The van der Waals surface area contributed by atoms with Gasteiger partial charge in [0.25, 0.3) is 0 Å². The van der Waals surface area contributed by atoms with E-state index in [-0.39, 0.29) is 5.78 Å². The largest absolute Gasteiger partial charge is 0.478 e. The highest BCUT2D eigenvalue weighted by Crippen LogP contribution is 2.22. The Bertz CT molecular complexity index is 452. The standard InChI is InChI=1S/C13H15BrO3/c1-3-11(15)5-4-9-7-10(14)6-8(2)12(9)13(16)17/h6-7H,3-5H2,1-2H3,(H,16,17). The molecule has 0 aliphatic carbocycles. The van der Waals surface area contributed by atoms with Crippen molar-refractivity contribution in [2.45, 2.75) is 33.1 Å². The van der Waals surface area contributed by atoms with E-state index < -0.39 is 5.97 Å². The lowest BCUT2D eigenvalue weighted by Crippen LogP contribution is -2.07. The molecule has 17 heavy (non-hydrogen) atoms. The van der Waals surface area contributed by atoms with Crippen LogP contribution in [0.25, 0.3) is 0 Å². The van der Waals surface area contributed by atoms with Crippen molar-refractivity contribution in [2.24, 2.45) is 0 Å². The van der Waals surface area contributed by atoms with Crippen molar-refractivity contribution in [1.29, 1.82) is 0 Å². The zero-order valence-corrected chi connectivity index (χ0v) is 11.5. The summed E-state index contributed by atoms with van der Waals surface area (Å²) in [6.07, 6.45) is 1.37. The quantitative estimate of drug-likeness (QED) is 0.907. The Morgan fingerprint density at radius 1 is 1.35 bits per heavy atom. The van der Waals surface area contributed by atoms with Gasteiger partial charge in [-0.15, -0.1) is 0 Å². The van der Waals surface area contributed by atoms with Gasteiger partial charge < -0.3 is 5.11 Å². The summed E-state index contributed by atoms with van der Waals surface area (Å²) in [5.74, 6) is -0.784. The molecule has 0 aliphatic rings. The molecule has 0 heterocycles. The first kappa shape index (κ1) is 13.9. The summed E-state index contributed by atoms with van der Waals surface area (Å²) in [4.78, 5) is 22.4. The summed E-state index contributed by atoms with van der Waals surface area (Å²) in [5.41, 5.74) is 1.74. The summed E-state index contributed by atoms with van der Waals surface area (Å²) in [6, 6.07) is 3.55. The monoisotopic (exact) mass is 298 g/mol. The Kier molecular flexibility index (Phi) is 4.87. The Morgan fingerprint density at radius 2 is 2.00 bits per heavy atom. The number of hydrogen-bond donors (Lipinski definition) is 1. The Balaban J connectivity index is 3.04. The van der Waals surface area contributed by atoms with Crippen LogP contribution in [0, 0.1) is 6.92 Å². The van der Waals surface area contributed by atoms with Gasteiger partial charge in [-0.25, -0.2) is 4.79 Å². The van der Waals surface area contributed by atoms with Crippen LogP contribution < -0.4 is 0 Å². The number of carbonyl (C=O) groups is 2. The van der Waals surface area contributed by atoms with Crippen molar-refractivity contribution in [1.82, 2.24) is 0 Å². The Labute approximate surface area is 109 Å². The van der Waals surface area contributed by atoms with Gasteiger partial charge in [0.15, 0.2) is 0 Å². The maximum atomic E-state index is 11.3. The third-order valence-electron chi connectivity index (χ3n) is 2.66. The highest BCUT2D eigenvalue weighted by molar-refractivity contribution is 9.10. The highest BCUT2D eigenvalue weighted by Gasteiger charge is 2.14. The van der Waals surface area contributed by atoms with E-state index in [0.29, 0.717) is 36.0 Å². The summed E-state index contributed by atoms with van der Waals surface area (Å²) in [7, 11) is 0. The molecule has 0 atom stereocenters. The fourth-order valence-electron chi connectivity index (χ4n) is 1.77. The van der Waals surface area contributed by atoms with Crippen molar-refractivity contribution in [2.75, 3.05) is 0 Å². The minimum atomic E-state index is -0.936. The molecule has 4 heteroatoms. The molecule has 0 saturated carbocycles. The molecule has 1 N–H and O–H groups in total. The highest BCUT2D eigenvalue weighted by atomic mass is 79.9. The molecule has 0 aliphatic heterocycles. The fourth-order valence-corrected chi connectivity index (χ4v) is 2.39. The van der Waals surface area contributed by atoms with Gasteiger partial charge in [0.1, 0.15) is 5.78 Å². The lowest BCUT2D eigenvalue weighted by atomic mass is 9.97. The molecule has 0 amide bonds. The van der Waals surface area contributed by atoms with Crippen molar-refractivity contribution < 1.29 is 14.7 Å².